The van der Waals surface area contributed by atoms with Crippen LogP contribution < -0.4 is 0 Å². The summed E-state index contributed by atoms with van der Waals surface area (Å²) in [5.41, 5.74) is 1.69. The SMILES string of the molecule is O=C(Cl)c1ccc(SCc2cccc(Cl)c2)cc1. The molecular weight excluding hydrogens is 287 g/mol. The average Bonchev–Trinajstić information content (AvgIpc) is 2.37. The van der Waals surface area contributed by atoms with Crippen LogP contribution in [0.5, 0.6) is 0 Å². The fraction of sp³-hybridized carbons (Fsp3) is 0.0714. The molecule has 0 spiro atoms. The second-order valence-corrected chi connectivity index (χ2v) is 5.55. The van der Waals surface area contributed by atoms with Crippen LogP contribution in [-0.2, 0) is 5.75 Å². The van der Waals surface area contributed by atoms with Crippen molar-refractivity contribution in [3.05, 3.63) is 64.7 Å². The first-order chi connectivity index (χ1) is 8.65. The molecule has 4 heteroatoms. The normalized spacial score (nSPS) is 10.3. The van der Waals surface area contributed by atoms with Crippen molar-refractivity contribution in [3.8, 4) is 0 Å². The van der Waals surface area contributed by atoms with E-state index in [1.54, 1.807) is 23.9 Å². The van der Waals surface area contributed by atoms with Gasteiger partial charge < -0.3 is 0 Å². The quantitative estimate of drug-likeness (QED) is 0.583. The molecule has 0 aliphatic rings. The van der Waals surface area contributed by atoms with Crippen LogP contribution in [0.3, 0.4) is 0 Å². The van der Waals surface area contributed by atoms with Crippen molar-refractivity contribution in [1.29, 1.82) is 0 Å². The van der Waals surface area contributed by atoms with E-state index >= 15 is 0 Å². The van der Waals surface area contributed by atoms with Gasteiger partial charge in [0.1, 0.15) is 0 Å². The summed E-state index contributed by atoms with van der Waals surface area (Å²) in [5.74, 6) is 0.842. The molecule has 18 heavy (non-hydrogen) atoms. The molecule has 0 bridgehead atoms. The molecule has 0 fully saturated rings. The van der Waals surface area contributed by atoms with Gasteiger partial charge in [-0.3, -0.25) is 4.79 Å². The summed E-state index contributed by atoms with van der Waals surface area (Å²) in [6.45, 7) is 0. The maximum Gasteiger partial charge on any atom is 0.252 e. The number of carbonyl (C=O) groups is 1. The Kier molecular flexibility index (Phi) is 4.70. The van der Waals surface area contributed by atoms with Crippen molar-refractivity contribution in [3.63, 3.8) is 0 Å². The van der Waals surface area contributed by atoms with E-state index in [1.807, 2.05) is 36.4 Å². The van der Waals surface area contributed by atoms with E-state index in [2.05, 4.69) is 0 Å². The molecule has 0 amide bonds. The van der Waals surface area contributed by atoms with Crippen LogP contribution in [-0.4, -0.2) is 5.24 Å². The lowest BCUT2D eigenvalue weighted by Gasteiger charge is -2.03. The molecule has 0 aliphatic carbocycles. The predicted molar refractivity (Wildman–Crippen MR) is 77.6 cm³/mol. The fourth-order valence-electron chi connectivity index (χ4n) is 1.48. The molecule has 2 aromatic carbocycles. The summed E-state index contributed by atoms with van der Waals surface area (Å²) >= 11 is 13.0. The Bertz CT molecular complexity index is 552. The highest BCUT2D eigenvalue weighted by Crippen LogP contribution is 2.24. The van der Waals surface area contributed by atoms with Gasteiger partial charge >= 0.3 is 0 Å². The molecule has 0 saturated carbocycles. The molecule has 0 saturated heterocycles. The van der Waals surface area contributed by atoms with E-state index in [0.717, 1.165) is 15.7 Å². The summed E-state index contributed by atoms with van der Waals surface area (Å²) < 4.78 is 0. The van der Waals surface area contributed by atoms with Gasteiger partial charge in [-0.1, -0.05) is 23.7 Å². The lowest BCUT2D eigenvalue weighted by Crippen LogP contribution is -1.87. The maximum atomic E-state index is 10.9. The molecule has 2 rings (SSSR count). The Balaban J connectivity index is 2.00. The molecule has 2 aromatic rings. The Labute approximate surface area is 120 Å². The Morgan fingerprint density at radius 1 is 1.11 bits per heavy atom. The van der Waals surface area contributed by atoms with E-state index in [4.69, 9.17) is 23.2 Å². The van der Waals surface area contributed by atoms with Gasteiger partial charge in [-0.05, 0) is 53.6 Å². The minimum absolute atomic E-state index is 0.429. The van der Waals surface area contributed by atoms with Crippen molar-refractivity contribution in [2.45, 2.75) is 10.6 Å². The van der Waals surface area contributed by atoms with Crippen LogP contribution in [0.1, 0.15) is 15.9 Å². The number of halogens is 2. The largest absolute Gasteiger partial charge is 0.276 e. The first kappa shape index (κ1) is 13.5. The number of rotatable bonds is 4. The first-order valence-corrected chi connectivity index (χ1v) is 7.06. The molecule has 0 aliphatic heterocycles. The molecule has 0 aromatic heterocycles. The number of thioether (sulfide) groups is 1. The highest BCUT2D eigenvalue weighted by molar-refractivity contribution is 7.98. The van der Waals surface area contributed by atoms with Gasteiger partial charge in [0.15, 0.2) is 0 Å². The average molecular weight is 297 g/mol. The van der Waals surface area contributed by atoms with Gasteiger partial charge in [-0.15, -0.1) is 11.8 Å². The standard InChI is InChI=1S/C14H10Cl2OS/c15-12-3-1-2-10(8-12)9-18-13-6-4-11(5-7-13)14(16)17/h1-8H,9H2. The molecule has 0 unspecified atom stereocenters. The summed E-state index contributed by atoms with van der Waals surface area (Å²) in [7, 11) is 0. The highest BCUT2D eigenvalue weighted by Gasteiger charge is 2.02. The molecular formula is C14H10Cl2OS. The van der Waals surface area contributed by atoms with Gasteiger partial charge in [0.2, 0.25) is 0 Å². The summed E-state index contributed by atoms with van der Waals surface area (Å²) in [6.07, 6.45) is 0. The van der Waals surface area contributed by atoms with E-state index < -0.39 is 5.24 Å². The molecule has 0 N–H and O–H groups in total. The van der Waals surface area contributed by atoms with Gasteiger partial charge in [0, 0.05) is 21.2 Å². The molecule has 0 atom stereocenters. The number of carbonyl (C=O) groups excluding carboxylic acids is 1. The van der Waals surface area contributed by atoms with Gasteiger partial charge in [-0.2, -0.15) is 0 Å². The summed E-state index contributed by atoms with van der Waals surface area (Å²) in [4.78, 5) is 12.0. The highest BCUT2D eigenvalue weighted by atomic mass is 35.5. The van der Waals surface area contributed by atoms with E-state index in [0.29, 0.717) is 5.56 Å². The Morgan fingerprint density at radius 3 is 2.44 bits per heavy atom. The van der Waals surface area contributed by atoms with Crippen LogP contribution in [0.25, 0.3) is 0 Å². The lowest BCUT2D eigenvalue weighted by molar-refractivity contribution is 0.108. The number of hydrogen-bond acceptors (Lipinski definition) is 2. The smallest absolute Gasteiger partial charge is 0.252 e. The van der Waals surface area contributed by atoms with E-state index in [-0.39, 0.29) is 0 Å². The third kappa shape index (κ3) is 3.77. The van der Waals surface area contributed by atoms with Gasteiger partial charge in [0.25, 0.3) is 5.24 Å². The van der Waals surface area contributed by atoms with Gasteiger partial charge in [-0.25, -0.2) is 0 Å². The van der Waals surface area contributed by atoms with Crippen molar-refractivity contribution in [1.82, 2.24) is 0 Å². The van der Waals surface area contributed by atoms with Crippen LogP contribution in [0.4, 0.5) is 0 Å². The zero-order valence-electron chi connectivity index (χ0n) is 9.40. The van der Waals surface area contributed by atoms with Crippen molar-refractivity contribution < 1.29 is 4.79 Å². The summed E-state index contributed by atoms with van der Waals surface area (Å²) in [5, 5.41) is 0.317. The van der Waals surface area contributed by atoms with Crippen molar-refractivity contribution in [2.75, 3.05) is 0 Å². The number of benzene rings is 2. The fourth-order valence-corrected chi connectivity index (χ4v) is 2.66. The third-order valence-corrected chi connectivity index (χ3v) is 3.91. The lowest BCUT2D eigenvalue weighted by atomic mass is 10.2. The van der Waals surface area contributed by atoms with Crippen molar-refractivity contribution >= 4 is 40.2 Å². The monoisotopic (exact) mass is 296 g/mol. The Morgan fingerprint density at radius 2 is 1.83 bits per heavy atom. The van der Waals surface area contributed by atoms with Crippen LogP contribution in [0, 0.1) is 0 Å². The second kappa shape index (κ2) is 6.28. The predicted octanol–water partition coefficient (Wildman–Crippen LogP) is 5.01. The minimum atomic E-state index is -0.429. The van der Waals surface area contributed by atoms with Crippen LogP contribution in [0.15, 0.2) is 53.4 Å². The molecule has 0 radical (unpaired) electrons. The van der Waals surface area contributed by atoms with Crippen molar-refractivity contribution in [2.24, 2.45) is 0 Å². The molecule has 0 heterocycles. The minimum Gasteiger partial charge on any atom is -0.276 e. The van der Waals surface area contributed by atoms with E-state index in [9.17, 15) is 4.79 Å². The third-order valence-electron chi connectivity index (χ3n) is 2.38. The second-order valence-electron chi connectivity index (χ2n) is 3.72. The molecule has 1 nitrogen and oxygen atoms in total. The zero-order chi connectivity index (χ0) is 13.0. The Hall–Kier alpha value is -0.960. The molecule has 92 valence electrons. The number of hydrogen-bond donors (Lipinski definition) is 0. The van der Waals surface area contributed by atoms with Gasteiger partial charge in [0.05, 0.1) is 0 Å². The topological polar surface area (TPSA) is 17.1 Å². The van der Waals surface area contributed by atoms with Crippen LogP contribution >= 0.6 is 35.0 Å². The maximum absolute atomic E-state index is 10.9. The van der Waals surface area contributed by atoms with Crippen LogP contribution in [0.2, 0.25) is 5.02 Å². The van der Waals surface area contributed by atoms with E-state index in [1.165, 1.54) is 5.56 Å². The first-order valence-electron chi connectivity index (χ1n) is 5.32. The summed E-state index contributed by atoms with van der Waals surface area (Å²) in [6, 6.07) is 15.0. The zero-order valence-corrected chi connectivity index (χ0v) is 11.7.